The zero-order valence-corrected chi connectivity index (χ0v) is 9.82. The van der Waals surface area contributed by atoms with Crippen molar-refractivity contribution in [1.29, 1.82) is 0 Å². The van der Waals surface area contributed by atoms with Gasteiger partial charge in [0.1, 0.15) is 0 Å². The molecule has 1 fully saturated rings. The van der Waals surface area contributed by atoms with Crippen LogP contribution in [-0.2, 0) is 4.79 Å². The fourth-order valence-corrected chi connectivity index (χ4v) is 2.19. The van der Waals surface area contributed by atoms with Crippen LogP contribution in [0.2, 0.25) is 0 Å². The summed E-state index contributed by atoms with van der Waals surface area (Å²) >= 11 is 0. The molecule has 1 N–H and O–H groups in total. The molecule has 0 aromatic carbocycles. The van der Waals surface area contributed by atoms with Crippen LogP contribution in [0, 0.1) is 0 Å². The summed E-state index contributed by atoms with van der Waals surface area (Å²) in [6, 6.07) is 0. The molecular weight excluding hydrogens is 202 g/mol. The molecule has 1 rings (SSSR count). The van der Waals surface area contributed by atoms with E-state index in [9.17, 15) is 9.90 Å². The van der Waals surface area contributed by atoms with Crippen LogP contribution in [0.3, 0.4) is 0 Å². The SMILES string of the molecule is C=CCN(CC=C)C(=O)CC1(O)CCCC1. The van der Waals surface area contributed by atoms with Gasteiger partial charge in [0.05, 0.1) is 12.0 Å². The van der Waals surface area contributed by atoms with E-state index in [2.05, 4.69) is 13.2 Å². The lowest BCUT2D eigenvalue weighted by molar-refractivity contribution is -0.135. The summed E-state index contributed by atoms with van der Waals surface area (Å²) in [5.74, 6) is -0.01000. The maximum atomic E-state index is 12.0. The predicted octanol–water partition coefficient (Wildman–Crippen LogP) is 1.88. The number of hydrogen-bond donors (Lipinski definition) is 1. The fourth-order valence-electron chi connectivity index (χ4n) is 2.19. The van der Waals surface area contributed by atoms with Crippen LogP contribution in [0.1, 0.15) is 32.1 Å². The van der Waals surface area contributed by atoms with E-state index >= 15 is 0 Å². The molecule has 3 nitrogen and oxygen atoms in total. The molecule has 0 unspecified atom stereocenters. The summed E-state index contributed by atoms with van der Waals surface area (Å²) in [5.41, 5.74) is -0.766. The monoisotopic (exact) mass is 223 g/mol. The first-order valence-electron chi connectivity index (χ1n) is 5.83. The van der Waals surface area contributed by atoms with Gasteiger partial charge in [-0.05, 0) is 12.8 Å². The minimum absolute atomic E-state index is 0.01000. The summed E-state index contributed by atoms with van der Waals surface area (Å²) in [5, 5.41) is 10.1. The van der Waals surface area contributed by atoms with E-state index in [1.54, 1.807) is 17.1 Å². The Morgan fingerprint density at radius 2 is 1.75 bits per heavy atom. The number of carbonyl (C=O) groups is 1. The number of hydrogen-bond acceptors (Lipinski definition) is 2. The van der Waals surface area contributed by atoms with E-state index in [0.29, 0.717) is 13.1 Å². The van der Waals surface area contributed by atoms with Crippen molar-refractivity contribution in [3.63, 3.8) is 0 Å². The van der Waals surface area contributed by atoms with Gasteiger partial charge in [-0.1, -0.05) is 25.0 Å². The summed E-state index contributed by atoms with van der Waals surface area (Å²) in [6.07, 6.45) is 7.15. The average molecular weight is 223 g/mol. The lowest BCUT2D eigenvalue weighted by Gasteiger charge is -2.26. The summed E-state index contributed by atoms with van der Waals surface area (Å²) < 4.78 is 0. The minimum atomic E-state index is -0.766. The predicted molar refractivity (Wildman–Crippen MR) is 65.0 cm³/mol. The molecule has 0 saturated heterocycles. The first-order valence-corrected chi connectivity index (χ1v) is 5.83. The standard InChI is InChI=1S/C13H21NO2/c1-3-9-14(10-4-2)12(15)11-13(16)7-5-6-8-13/h3-4,16H,1-2,5-11H2. The molecule has 0 aliphatic heterocycles. The van der Waals surface area contributed by atoms with Crippen molar-refractivity contribution < 1.29 is 9.90 Å². The lowest BCUT2D eigenvalue weighted by Crippen LogP contribution is -2.38. The van der Waals surface area contributed by atoms with Gasteiger partial charge in [0.15, 0.2) is 0 Å². The Morgan fingerprint density at radius 3 is 2.19 bits per heavy atom. The second kappa shape index (κ2) is 5.85. The first-order chi connectivity index (χ1) is 7.61. The van der Waals surface area contributed by atoms with Crippen LogP contribution >= 0.6 is 0 Å². The van der Waals surface area contributed by atoms with Gasteiger partial charge in [0.2, 0.25) is 5.91 Å². The summed E-state index contributed by atoms with van der Waals surface area (Å²) in [6.45, 7) is 8.28. The molecule has 0 bridgehead atoms. The normalized spacial score (nSPS) is 18.1. The molecule has 1 saturated carbocycles. The second-order valence-electron chi connectivity index (χ2n) is 4.48. The van der Waals surface area contributed by atoms with Crippen LogP contribution in [0.5, 0.6) is 0 Å². The van der Waals surface area contributed by atoms with Crippen molar-refractivity contribution in [2.75, 3.05) is 13.1 Å². The van der Waals surface area contributed by atoms with E-state index in [1.807, 2.05) is 0 Å². The summed E-state index contributed by atoms with van der Waals surface area (Å²) in [7, 11) is 0. The molecule has 0 spiro atoms. The van der Waals surface area contributed by atoms with E-state index in [0.717, 1.165) is 25.7 Å². The summed E-state index contributed by atoms with van der Waals surface area (Å²) in [4.78, 5) is 13.6. The van der Waals surface area contributed by atoms with Gasteiger partial charge in [-0.15, -0.1) is 13.2 Å². The third kappa shape index (κ3) is 3.49. The van der Waals surface area contributed by atoms with Crippen molar-refractivity contribution in [3.05, 3.63) is 25.3 Å². The molecule has 0 atom stereocenters. The Hall–Kier alpha value is -1.09. The van der Waals surface area contributed by atoms with Crippen molar-refractivity contribution in [3.8, 4) is 0 Å². The molecule has 1 aliphatic rings. The topological polar surface area (TPSA) is 40.5 Å². The molecule has 1 amide bonds. The Morgan fingerprint density at radius 1 is 1.25 bits per heavy atom. The molecule has 0 heterocycles. The lowest BCUT2D eigenvalue weighted by atomic mass is 9.97. The number of aliphatic hydroxyl groups is 1. The van der Waals surface area contributed by atoms with Crippen LogP contribution in [0.4, 0.5) is 0 Å². The molecule has 0 aromatic heterocycles. The zero-order chi connectivity index (χ0) is 12.0. The van der Waals surface area contributed by atoms with Gasteiger partial charge < -0.3 is 10.0 Å². The second-order valence-corrected chi connectivity index (χ2v) is 4.48. The van der Waals surface area contributed by atoms with Crippen molar-refractivity contribution in [2.45, 2.75) is 37.7 Å². The highest BCUT2D eigenvalue weighted by atomic mass is 16.3. The fraction of sp³-hybridized carbons (Fsp3) is 0.615. The van der Waals surface area contributed by atoms with Gasteiger partial charge in [0, 0.05) is 13.1 Å². The van der Waals surface area contributed by atoms with Gasteiger partial charge in [-0.2, -0.15) is 0 Å². The number of nitrogens with zero attached hydrogens (tertiary/aromatic N) is 1. The van der Waals surface area contributed by atoms with Gasteiger partial charge in [-0.3, -0.25) is 4.79 Å². The van der Waals surface area contributed by atoms with Gasteiger partial charge in [0.25, 0.3) is 0 Å². The van der Waals surface area contributed by atoms with E-state index in [1.165, 1.54) is 0 Å². The van der Waals surface area contributed by atoms with Crippen LogP contribution < -0.4 is 0 Å². The van der Waals surface area contributed by atoms with Gasteiger partial charge in [-0.25, -0.2) is 0 Å². The third-order valence-electron chi connectivity index (χ3n) is 3.07. The minimum Gasteiger partial charge on any atom is -0.389 e. The third-order valence-corrected chi connectivity index (χ3v) is 3.07. The zero-order valence-electron chi connectivity index (χ0n) is 9.82. The quantitative estimate of drug-likeness (QED) is 0.698. The van der Waals surface area contributed by atoms with E-state index in [-0.39, 0.29) is 12.3 Å². The van der Waals surface area contributed by atoms with Crippen molar-refractivity contribution in [1.82, 2.24) is 4.90 Å². The smallest absolute Gasteiger partial charge is 0.226 e. The van der Waals surface area contributed by atoms with E-state index in [4.69, 9.17) is 0 Å². The largest absolute Gasteiger partial charge is 0.389 e. The van der Waals surface area contributed by atoms with E-state index < -0.39 is 5.60 Å². The Kier molecular flexibility index (Phi) is 4.74. The highest BCUT2D eigenvalue weighted by Gasteiger charge is 2.34. The molecule has 16 heavy (non-hydrogen) atoms. The molecule has 1 aliphatic carbocycles. The molecule has 0 radical (unpaired) electrons. The average Bonchev–Trinajstić information content (AvgIpc) is 2.64. The van der Waals surface area contributed by atoms with Crippen LogP contribution in [0.15, 0.2) is 25.3 Å². The van der Waals surface area contributed by atoms with Crippen molar-refractivity contribution >= 4 is 5.91 Å². The molecule has 0 aromatic rings. The highest BCUT2D eigenvalue weighted by molar-refractivity contribution is 5.77. The number of amides is 1. The Balaban J connectivity index is 2.53. The van der Waals surface area contributed by atoms with Crippen LogP contribution in [0.25, 0.3) is 0 Å². The van der Waals surface area contributed by atoms with Crippen molar-refractivity contribution in [2.24, 2.45) is 0 Å². The first kappa shape index (κ1) is 13.0. The maximum Gasteiger partial charge on any atom is 0.226 e. The molecule has 90 valence electrons. The van der Waals surface area contributed by atoms with Gasteiger partial charge >= 0.3 is 0 Å². The highest BCUT2D eigenvalue weighted by Crippen LogP contribution is 2.32. The number of rotatable bonds is 6. The maximum absolute atomic E-state index is 12.0. The Bertz CT molecular complexity index is 257. The Labute approximate surface area is 97.4 Å². The number of carbonyl (C=O) groups excluding carboxylic acids is 1. The molecular formula is C13H21NO2. The molecule has 3 heteroatoms. The van der Waals surface area contributed by atoms with Crippen LogP contribution in [-0.4, -0.2) is 34.6 Å².